The van der Waals surface area contributed by atoms with Crippen LogP contribution in [0.5, 0.6) is 5.75 Å². The molecule has 2 rings (SSSR count). The van der Waals surface area contributed by atoms with E-state index in [1.165, 1.54) is 12.1 Å². The van der Waals surface area contributed by atoms with E-state index < -0.39 is 16.6 Å². The fraction of sp³-hybridized carbons (Fsp3) is 0.462. The van der Waals surface area contributed by atoms with E-state index >= 15 is 0 Å². The zero-order valence-corrected chi connectivity index (χ0v) is 11.4. The van der Waals surface area contributed by atoms with Gasteiger partial charge in [0.05, 0.1) is 18.1 Å². The zero-order chi connectivity index (χ0) is 15.2. The maximum atomic E-state index is 11.0. The molecule has 0 amide bonds. The van der Waals surface area contributed by atoms with Gasteiger partial charge in [-0.1, -0.05) is 0 Å². The van der Waals surface area contributed by atoms with Gasteiger partial charge in [-0.15, -0.1) is 0 Å². The fourth-order valence-corrected chi connectivity index (χ4v) is 2.05. The summed E-state index contributed by atoms with van der Waals surface area (Å²) in [6.45, 7) is 4.15. The first-order chi connectivity index (χ1) is 10.1. The summed E-state index contributed by atoms with van der Waals surface area (Å²) in [5.74, 6) is -1.04. The van der Waals surface area contributed by atoms with Crippen molar-refractivity contribution in [3.8, 4) is 5.75 Å². The molecular weight excluding hydrogens is 280 g/mol. The Hall–Kier alpha value is -2.19. The SMILES string of the molecule is O=C(O)c1cc(OCCN2CCOCC2)ccc1[N+](=O)[O-]. The third-order valence-corrected chi connectivity index (χ3v) is 3.18. The molecule has 1 aliphatic heterocycles. The minimum Gasteiger partial charge on any atom is -0.492 e. The summed E-state index contributed by atoms with van der Waals surface area (Å²) in [4.78, 5) is 23.2. The van der Waals surface area contributed by atoms with Gasteiger partial charge >= 0.3 is 5.97 Å². The standard InChI is InChI=1S/C13H16N2O6/c16-13(17)11-9-10(1-2-12(11)15(18)19)21-8-5-14-3-6-20-7-4-14/h1-2,9H,3-8H2,(H,16,17). The molecule has 0 aromatic heterocycles. The van der Waals surface area contributed by atoms with Gasteiger partial charge in [0.1, 0.15) is 17.9 Å². The van der Waals surface area contributed by atoms with Crippen molar-refractivity contribution in [1.82, 2.24) is 4.90 Å². The van der Waals surface area contributed by atoms with Crippen molar-refractivity contribution in [3.63, 3.8) is 0 Å². The van der Waals surface area contributed by atoms with E-state index in [1.54, 1.807) is 0 Å². The number of morpholine rings is 1. The Balaban J connectivity index is 1.95. The molecule has 1 heterocycles. The van der Waals surface area contributed by atoms with Crippen LogP contribution in [0.3, 0.4) is 0 Å². The molecule has 0 unspecified atom stereocenters. The number of aromatic carboxylic acids is 1. The van der Waals surface area contributed by atoms with Crippen molar-refractivity contribution in [2.45, 2.75) is 0 Å². The van der Waals surface area contributed by atoms with Crippen LogP contribution >= 0.6 is 0 Å². The summed E-state index contributed by atoms with van der Waals surface area (Å²) >= 11 is 0. The average molecular weight is 296 g/mol. The molecule has 0 aliphatic carbocycles. The summed E-state index contributed by atoms with van der Waals surface area (Å²) < 4.78 is 10.7. The first-order valence-electron chi connectivity index (χ1n) is 6.52. The number of nitrogens with zero attached hydrogens (tertiary/aromatic N) is 2. The molecule has 0 atom stereocenters. The third-order valence-electron chi connectivity index (χ3n) is 3.18. The van der Waals surface area contributed by atoms with Gasteiger partial charge in [0, 0.05) is 31.8 Å². The van der Waals surface area contributed by atoms with Gasteiger partial charge in [0.25, 0.3) is 5.69 Å². The van der Waals surface area contributed by atoms with E-state index in [9.17, 15) is 14.9 Å². The number of hydrogen-bond acceptors (Lipinski definition) is 6. The van der Waals surface area contributed by atoms with Gasteiger partial charge in [0.15, 0.2) is 0 Å². The molecule has 0 saturated carbocycles. The van der Waals surface area contributed by atoms with Crippen molar-refractivity contribution in [3.05, 3.63) is 33.9 Å². The number of carboxylic acids is 1. The number of nitro groups is 1. The van der Waals surface area contributed by atoms with Gasteiger partial charge in [-0.05, 0) is 6.07 Å². The molecule has 1 aromatic carbocycles. The van der Waals surface area contributed by atoms with Crippen molar-refractivity contribution < 1.29 is 24.3 Å². The summed E-state index contributed by atoms with van der Waals surface area (Å²) in [6.07, 6.45) is 0. The zero-order valence-electron chi connectivity index (χ0n) is 11.4. The van der Waals surface area contributed by atoms with Gasteiger partial charge in [0.2, 0.25) is 0 Å². The van der Waals surface area contributed by atoms with Crippen LogP contribution in [-0.4, -0.2) is 60.4 Å². The average Bonchev–Trinajstić information content (AvgIpc) is 2.48. The normalized spacial score (nSPS) is 15.6. The number of ether oxygens (including phenoxy) is 2. The third kappa shape index (κ3) is 4.14. The number of carbonyl (C=O) groups is 1. The second-order valence-electron chi connectivity index (χ2n) is 4.54. The molecule has 1 aromatic rings. The Bertz CT molecular complexity index is 527. The molecule has 21 heavy (non-hydrogen) atoms. The Kier molecular flexibility index (Phi) is 5.07. The highest BCUT2D eigenvalue weighted by molar-refractivity contribution is 5.92. The predicted molar refractivity (Wildman–Crippen MR) is 72.8 cm³/mol. The van der Waals surface area contributed by atoms with Gasteiger partial charge in [-0.25, -0.2) is 4.79 Å². The highest BCUT2D eigenvalue weighted by Crippen LogP contribution is 2.24. The van der Waals surface area contributed by atoms with Crippen molar-refractivity contribution in [2.24, 2.45) is 0 Å². The Morgan fingerprint density at radius 3 is 2.76 bits per heavy atom. The van der Waals surface area contributed by atoms with E-state index in [-0.39, 0.29) is 5.56 Å². The molecule has 0 bridgehead atoms. The van der Waals surface area contributed by atoms with Crippen LogP contribution in [0.1, 0.15) is 10.4 Å². The van der Waals surface area contributed by atoms with E-state index in [0.29, 0.717) is 32.1 Å². The number of hydrogen-bond donors (Lipinski definition) is 1. The van der Waals surface area contributed by atoms with Crippen molar-refractivity contribution >= 4 is 11.7 Å². The smallest absolute Gasteiger partial charge is 0.342 e. The van der Waals surface area contributed by atoms with Crippen molar-refractivity contribution in [2.75, 3.05) is 39.5 Å². The molecule has 0 spiro atoms. The highest BCUT2D eigenvalue weighted by atomic mass is 16.6. The molecule has 1 N–H and O–H groups in total. The number of rotatable bonds is 6. The Morgan fingerprint density at radius 2 is 2.14 bits per heavy atom. The largest absolute Gasteiger partial charge is 0.492 e. The van der Waals surface area contributed by atoms with Crippen molar-refractivity contribution in [1.29, 1.82) is 0 Å². The Morgan fingerprint density at radius 1 is 1.43 bits per heavy atom. The highest BCUT2D eigenvalue weighted by Gasteiger charge is 2.20. The van der Waals surface area contributed by atoms with E-state index in [0.717, 1.165) is 19.2 Å². The lowest BCUT2D eigenvalue weighted by atomic mass is 10.1. The van der Waals surface area contributed by atoms with Crippen LogP contribution in [0.2, 0.25) is 0 Å². The van der Waals surface area contributed by atoms with Crippen LogP contribution in [0.4, 0.5) is 5.69 Å². The fourth-order valence-electron chi connectivity index (χ4n) is 2.05. The first kappa shape index (κ1) is 15.2. The van der Waals surface area contributed by atoms with E-state index in [4.69, 9.17) is 14.6 Å². The quantitative estimate of drug-likeness (QED) is 0.617. The molecule has 1 fully saturated rings. The molecular formula is C13H16N2O6. The monoisotopic (exact) mass is 296 g/mol. The molecule has 8 heteroatoms. The summed E-state index contributed by atoms with van der Waals surface area (Å²) in [5.41, 5.74) is -0.813. The first-order valence-corrected chi connectivity index (χ1v) is 6.52. The van der Waals surface area contributed by atoms with Crippen LogP contribution < -0.4 is 4.74 Å². The number of nitro benzene ring substituents is 1. The lowest BCUT2D eigenvalue weighted by molar-refractivity contribution is -0.385. The van der Waals surface area contributed by atoms with Crippen LogP contribution in [-0.2, 0) is 4.74 Å². The van der Waals surface area contributed by atoms with Gasteiger partial charge in [-0.2, -0.15) is 0 Å². The summed E-state index contributed by atoms with van der Waals surface area (Å²) in [5, 5.41) is 19.7. The summed E-state index contributed by atoms with van der Waals surface area (Å²) in [6, 6.07) is 3.73. The molecule has 0 radical (unpaired) electrons. The number of benzene rings is 1. The second kappa shape index (κ2) is 7.00. The lowest BCUT2D eigenvalue weighted by Gasteiger charge is -2.26. The van der Waals surface area contributed by atoms with Crippen LogP contribution in [0.25, 0.3) is 0 Å². The minimum absolute atomic E-state index is 0.311. The molecule has 114 valence electrons. The maximum absolute atomic E-state index is 11.0. The van der Waals surface area contributed by atoms with Crippen LogP contribution in [0.15, 0.2) is 18.2 Å². The lowest BCUT2D eigenvalue weighted by Crippen LogP contribution is -2.38. The second-order valence-corrected chi connectivity index (χ2v) is 4.54. The molecule has 1 saturated heterocycles. The van der Waals surface area contributed by atoms with E-state index in [2.05, 4.69) is 4.90 Å². The van der Waals surface area contributed by atoms with Gasteiger partial charge in [-0.3, -0.25) is 15.0 Å². The van der Waals surface area contributed by atoms with Crippen LogP contribution in [0, 0.1) is 10.1 Å². The molecule has 8 nitrogen and oxygen atoms in total. The summed E-state index contributed by atoms with van der Waals surface area (Å²) in [7, 11) is 0. The predicted octanol–water partition coefficient (Wildman–Crippen LogP) is 1.00. The minimum atomic E-state index is -1.35. The molecule has 1 aliphatic rings. The maximum Gasteiger partial charge on any atom is 0.342 e. The number of carboxylic acid groups (broad SMARTS) is 1. The topological polar surface area (TPSA) is 102 Å². The Labute approximate surface area is 121 Å². The van der Waals surface area contributed by atoms with E-state index in [1.807, 2.05) is 0 Å². The van der Waals surface area contributed by atoms with Gasteiger partial charge < -0.3 is 14.6 Å².